The number of rotatable bonds is 2. The molecule has 0 saturated heterocycles. The Hall–Kier alpha value is -0.720. The Morgan fingerprint density at radius 2 is 2.07 bits per heavy atom. The molecule has 1 aromatic rings. The molecule has 0 spiro atoms. The smallest absolute Gasteiger partial charge is 0.264 e. The number of halogens is 3. The number of Topliss-reactive ketones (excluding diaryl/α,β-unsaturated/α-hetero) is 1. The summed E-state index contributed by atoms with van der Waals surface area (Å²) in [5.41, 5.74) is -0.214. The van der Waals surface area contributed by atoms with Crippen molar-refractivity contribution in [2.75, 3.05) is 0 Å². The SMILES string of the molecule is CC(=O)c1cc(C(F)F)cc(O)c1I. The van der Waals surface area contributed by atoms with Gasteiger partial charge in [0.2, 0.25) is 0 Å². The van der Waals surface area contributed by atoms with Gasteiger partial charge in [-0.15, -0.1) is 0 Å². The Bertz CT molecular complexity index is 377. The van der Waals surface area contributed by atoms with Crippen LogP contribution in [-0.4, -0.2) is 10.9 Å². The van der Waals surface area contributed by atoms with E-state index in [4.69, 9.17) is 0 Å². The molecule has 0 saturated carbocycles. The van der Waals surface area contributed by atoms with E-state index in [1.54, 1.807) is 22.6 Å². The Labute approximate surface area is 93.1 Å². The molecule has 0 aliphatic rings. The molecule has 0 radical (unpaired) electrons. The molecule has 1 aromatic carbocycles. The van der Waals surface area contributed by atoms with Crippen LogP contribution in [0.15, 0.2) is 12.1 Å². The molecule has 0 unspecified atom stereocenters. The van der Waals surface area contributed by atoms with Gasteiger partial charge in [-0.1, -0.05) is 0 Å². The maximum Gasteiger partial charge on any atom is 0.264 e. The molecule has 0 fully saturated rings. The highest BCUT2D eigenvalue weighted by Gasteiger charge is 2.15. The van der Waals surface area contributed by atoms with Crippen molar-refractivity contribution in [3.8, 4) is 5.75 Å². The third kappa shape index (κ3) is 2.20. The highest BCUT2D eigenvalue weighted by atomic mass is 127. The Morgan fingerprint density at radius 3 is 2.50 bits per heavy atom. The number of hydrogen-bond acceptors (Lipinski definition) is 2. The van der Waals surface area contributed by atoms with Gasteiger partial charge >= 0.3 is 0 Å². The topological polar surface area (TPSA) is 37.3 Å². The van der Waals surface area contributed by atoms with Gasteiger partial charge in [0.05, 0.1) is 3.57 Å². The van der Waals surface area contributed by atoms with Crippen molar-refractivity contribution in [2.24, 2.45) is 0 Å². The normalized spacial score (nSPS) is 10.6. The van der Waals surface area contributed by atoms with Crippen LogP contribution in [0.1, 0.15) is 29.3 Å². The quantitative estimate of drug-likeness (QED) is 0.673. The van der Waals surface area contributed by atoms with Crippen molar-refractivity contribution in [1.29, 1.82) is 0 Å². The molecule has 0 aliphatic carbocycles. The molecule has 0 atom stereocenters. The molecule has 1 N–H and O–H groups in total. The van der Waals surface area contributed by atoms with Gasteiger partial charge in [-0.3, -0.25) is 4.79 Å². The first kappa shape index (κ1) is 11.4. The third-order valence-electron chi connectivity index (χ3n) is 1.71. The molecule has 0 amide bonds. The highest BCUT2D eigenvalue weighted by molar-refractivity contribution is 14.1. The second-order valence-electron chi connectivity index (χ2n) is 2.76. The number of carbonyl (C=O) groups is 1. The van der Waals surface area contributed by atoms with Crippen LogP contribution < -0.4 is 0 Å². The lowest BCUT2D eigenvalue weighted by atomic mass is 10.1. The van der Waals surface area contributed by atoms with E-state index in [2.05, 4.69) is 0 Å². The molecule has 5 heteroatoms. The van der Waals surface area contributed by atoms with Gasteiger partial charge in [0.25, 0.3) is 6.43 Å². The fourth-order valence-corrected chi connectivity index (χ4v) is 1.70. The van der Waals surface area contributed by atoms with E-state index in [0.29, 0.717) is 3.57 Å². The lowest BCUT2D eigenvalue weighted by molar-refractivity contribution is 0.101. The molecule has 76 valence electrons. The molecule has 1 rings (SSSR count). The van der Waals surface area contributed by atoms with E-state index in [0.717, 1.165) is 12.1 Å². The van der Waals surface area contributed by atoms with Crippen LogP contribution in [0.5, 0.6) is 5.75 Å². The maximum absolute atomic E-state index is 12.3. The van der Waals surface area contributed by atoms with E-state index >= 15 is 0 Å². The number of hydrogen-bond donors (Lipinski definition) is 1. The standard InChI is InChI=1S/C9H7F2IO2/c1-4(13)6-2-5(9(10)11)3-7(14)8(6)12/h2-3,9,14H,1H3. The lowest BCUT2D eigenvalue weighted by Crippen LogP contribution is -1.99. The molecule has 0 heterocycles. The first-order valence-electron chi connectivity index (χ1n) is 3.75. The molecule has 2 nitrogen and oxygen atoms in total. The monoisotopic (exact) mass is 312 g/mol. The summed E-state index contributed by atoms with van der Waals surface area (Å²) in [7, 11) is 0. The van der Waals surface area contributed by atoms with E-state index in [-0.39, 0.29) is 22.7 Å². The fraction of sp³-hybridized carbons (Fsp3) is 0.222. The summed E-state index contributed by atoms with van der Waals surface area (Å²) in [6, 6.07) is 2.08. The molecule has 0 aromatic heterocycles. The third-order valence-corrected chi connectivity index (χ3v) is 2.84. The van der Waals surface area contributed by atoms with E-state index < -0.39 is 6.43 Å². The number of aromatic hydroxyl groups is 1. The predicted molar refractivity (Wildman–Crippen MR) is 55.8 cm³/mol. The zero-order chi connectivity index (χ0) is 10.9. The van der Waals surface area contributed by atoms with E-state index in [1.807, 2.05) is 0 Å². The second-order valence-corrected chi connectivity index (χ2v) is 3.84. The minimum absolute atomic E-state index is 0.126. The summed E-state index contributed by atoms with van der Waals surface area (Å²) >= 11 is 1.74. The summed E-state index contributed by atoms with van der Waals surface area (Å²) in [5, 5.41) is 9.29. The van der Waals surface area contributed by atoms with Crippen molar-refractivity contribution in [3.05, 3.63) is 26.8 Å². The highest BCUT2D eigenvalue weighted by Crippen LogP contribution is 2.30. The van der Waals surface area contributed by atoms with Crippen molar-refractivity contribution in [3.63, 3.8) is 0 Å². The summed E-state index contributed by atoms with van der Waals surface area (Å²) in [6.07, 6.45) is -2.68. The number of alkyl halides is 2. The fourth-order valence-electron chi connectivity index (χ4n) is 1.01. The van der Waals surface area contributed by atoms with Crippen LogP contribution in [0.2, 0.25) is 0 Å². The van der Waals surface area contributed by atoms with E-state index in [1.165, 1.54) is 6.92 Å². The summed E-state index contributed by atoms with van der Waals surface area (Å²) in [5.74, 6) is -0.624. The van der Waals surface area contributed by atoms with Crippen LogP contribution in [0.4, 0.5) is 8.78 Å². The molecule has 0 bridgehead atoms. The van der Waals surface area contributed by atoms with Crippen LogP contribution >= 0.6 is 22.6 Å². The Morgan fingerprint density at radius 1 is 1.50 bits per heavy atom. The largest absolute Gasteiger partial charge is 0.507 e. The van der Waals surface area contributed by atoms with Gasteiger partial charge in [0, 0.05) is 11.1 Å². The number of phenolic OH excluding ortho intramolecular Hbond substituents is 1. The average Bonchev–Trinajstić information content (AvgIpc) is 2.08. The first-order valence-corrected chi connectivity index (χ1v) is 4.83. The number of ketones is 1. The minimum Gasteiger partial charge on any atom is -0.507 e. The van der Waals surface area contributed by atoms with Crippen molar-refractivity contribution < 1.29 is 18.7 Å². The zero-order valence-corrected chi connectivity index (χ0v) is 9.38. The number of benzene rings is 1. The lowest BCUT2D eigenvalue weighted by Gasteiger charge is -2.06. The number of phenols is 1. The predicted octanol–water partition coefficient (Wildman–Crippen LogP) is 3.14. The first-order chi connectivity index (χ1) is 6.43. The molecule has 0 aliphatic heterocycles. The average molecular weight is 312 g/mol. The summed E-state index contributed by atoms with van der Waals surface area (Å²) in [6.45, 7) is 1.27. The summed E-state index contributed by atoms with van der Waals surface area (Å²) in [4.78, 5) is 11.0. The van der Waals surface area contributed by atoms with Gasteiger partial charge in [0.1, 0.15) is 5.75 Å². The number of carbonyl (C=O) groups excluding carboxylic acids is 1. The zero-order valence-electron chi connectivity index (χ0n) is 7.22. The van der Waals surface area contributed by atoms with Gasteiger partial charge in [-0.25, -0.2) is 8.78 Å². The van der Waals surface area contributed by atoms with Crippen molar-refractivity contribution >= 4 is 28.4 Å². The van der Waals surface area contributed by atoms with E-state index in [9.17, 15) is 18.7 Å². The second kappa shape index (κ2) is 4.20. The van der Waals surface area contributed by atoms with Gasteiger partial charge in [-0.05, 0) is 41.6 Å². The van der Waals surface area contributed by atoms with Gasteiger partial charge in [-0.2, -0.15) is 0 Å². The van der Waals surface area contributed by atoms with Gasteiger partial charge < -0.3 is 5.11 Å². The van der Waals surface area contributed by atoms with Crippen LogP contribution in [0.25, 0.3) is 0 Å². The Kier molecular flexibility index (Phi) is 3.41. The van der Waals surface area contributed by atoms with Crippen LogP contribution in [0.3, 0.4) is 0 Å². The molecular formula is C9H7F2IO2. The molecule has 14 heavy (non-hydrogen) atoms. The van der Waals surface area contributed by atoms with Crippen LogP contribution in [0, 0.1) is 3.57 Å². The summed E-state index contributed by atoms with van der Waals surface area (Å²) < 4.78 is 24.9. The van der Waals surface area contributed by atoms with Crippen molar-refractivity contribution in [2.45, 2.75) is 13.3 Å². The van der Waals surface area contributed by atoms with Gasteiger partial charge in [0.15, 0.2) is 5.78 Å². The molecular weight excluding hydrogens is 305 g/mol. The van der Waals surface area contributed by atoms with Crippen molar-refractivity contribution in [1.82, 2.24) is 0 Å². The Balaban J connectivity index is 3.35. The minimum atomic E-state index is -2.68. The van der Waals surface area contributed by atoms with Crippen LogP contribution in [-0.2, 0) is 0 Å². The maximum atomic E-state index is 12.3.